The van der Waals surface area contributed by atoms with Crippen LogP contribution in [0.2, 0.25) is 0 Å². The molecule has 3 aromatic heterocycles. The first-order chi connectivity index (χ1) is 10.1. The Morgan fingerprint density at radius 3 is 2.67 bits per heavy atom. The SMILES string of the molecule is CNc1nc(CSc2nnc(C)o2)nc2sc(C)c(C)c12. The van der Waals surface area contributed by atoms with Gasteiger partial charge in [0, 0.05) is 18.8 Å². The van der Waals surface area contributed by atoms with Crippen molar-refractivity contribution >= 4 is 39.1 Å². The third-order valence-electron chi connectivity index (χ3n) is 3.14. The largest absolute Gasteiger partial charge is 0.416 e. The molecule has 0 saturated heterocycles. The molecule has 110 valence electrons. The molecule has 0 saturated carbocycles. The fraction of sp³-hybridized carbons (Fsp3) is 0.385. The Kier molecular flexibility index (Phi) is 3.81. The van der Waals surface area contributed by atoms with Crippen LogP contribution in [0.3, 0.4) is 0 Å². The monoisotopic (exact) mass is 321 g/mol. The zero-order valence-corrected chi connectivity index (χ0v) is 13.9. The Balaban J connectivity index is 1.92. The van der Waals surface area contributed by atoms with E-state index in [1.807, 2.05) is 7.05 Å². The fourth-order valence-corrected chi connectivity index (χ4v) is 3.71. The lowest BCUT2D eigenvalue weighted by Gasteiger charge is -2.05. The lowest BCUT2D eigenvalue weighted by molar-refractivity contribution is 0.429. The smallest absolute Gasteiger partial charge is 0.277 e. The molecule has 1 N–H and O–H groups in total. The van der Waals surface area contributed by atoms with Gasteiger partial charge in [0.15, 0.2) is 0 Å². The fourth-order valence-electron chi connectivity index (χ4n) is 2.00. The highest BCUT2D eigenvalue weighted by Gasteiger charge is 2.14. The van der Waals surface area contributed by atoms with Crippen LogP contribution in [-0.4, -0.2) is 27.2 Å². The van der Waals surface area contributed by atoms with Gasteiger partial charge < -0.3 is 9.73 Å². The molecule has 21 heavy (non-hydrogen) atoms. The minimum Gasteiger partial charge on any atom is -0.416 e. The van der Waals surface area contributed by atoms with Gasteiger partial charge in [-0.3, -0.25) is 0 Å². The van der Waals surface area contributed by atoms with Crippen molar-refractivity contribution in [1.82, 2.24) is 20.2 Å². The highest BCUT2D eigenvalue weighted by atomic mass is 32.2. The Hall–Kier alpha value is -1.67. The average Bonchev–Trinajstić information content (AvgIpc) is 3.00. The average molecular weight is 321 g/mol. The van der Waals surface area contributed by atoms with Gasteiger partial charge in [-0.25, -0.2) is 9.97 Å². The zero-order chi connectivity index (χ0) is 15.0. The van der Waals surface area contributed by atoms with Crippen LogP contribution in [0.4, 0.5) is 5.82 Å². The number of rotatable bonds is 4. The second-order valence-corrected chi connectivity index (χ2v) is 6.71. The Morgan fingerprint density at radius 2 is 2.00 bits per heavy atom. The van der Waals surface area contributed by atoms with E-state index in [1.54, 1.807) is 18.3 Å². The molecule has 0 spiro atoms. The first-order valence-electron chi connectivity index (χ1n) is 6.45. The van der Waals surface area contributed by atoms with E-state index in [-0.39, 0.29) is 0 Å². The summed E-state index contributed by atoms with van der Waals surface area (Å²) in [5.74, 6) is 2.80. The van der Waals surface area contributed by atoms with Crippen LogP contribution in [0.1, 0.15) is 22.2 Å². The number of aromatic nitrogens is 4. The number of thiophene rings is 1. The maximum absolute atomic E-state index is 5.34. The van der Waals surface area contributed by atoms with Gasteiger partial charge in [0.25, 0.3) is 5.22 Å². The van der Waals surface area contributed by atoms with E-state index in [0.717, 1.165) is 21.9 Å². The molecule has 3 aromatic rings. The van der Waals surface area contributed by atoms with Crippen LogP contribution in [0, 0.1) is 20.8 Å². The molecule has 0 unspecified atom stereocenters. The Morgan fingerprint density at radius 1 is 1.19 bits per heavy atom. The van der Waals surface area contributed by atoms with E-state index in [2.05, 4.69) is 39.3 Å². The lowest BCUT2D eigenvalue weighted by atomic mass is 10.2. The Labute approximate surface area is 130 Å². The van der Waals surface area contributed by atoms with Crippen molar-refractivity contribution in [3.8, 4) is 0 Å². The van der Waals surface area contributed by atoms with Gasteiger partial charge in [-0.15, -0.1) is 21.5 Å². The van der Waals surface area contributed by atoms with Crippen molar-refractivity contribution in [1.29, 1.82) is 0 Å². The van der Waals surface area contributed by atoms with Crippen LogP contribution in [0.25, 0.3) is 10.2 Å². The van der Waals surface area contributed by atoms with E-state index in [0.29, 0.717) is 16.9 Å². The summed E-state index contributed by atoms with van der Waals surface area (Å²) in [6.07, 6.45) is 0. The predicted molar refractivity (Wildman–Crippen MR) is 85.0 cm³/mol. The molecule has 0 bridgehead atoms. The molecule has 0 aromatic carbocycles. The van der Waals surface area contributed by atoms with E-state index >= 15 is 0 Å². The van der Waals surface area contributed by atoms with E-state index in [4.69, 9.17) is 4.42 Å². The van der Waals surface area contributed by atoms with Crippen LogP contribution in [-0.2, 0) is 5.75 Å². The van der Waals surface area contributed by atoms with Crippen LogP contribution >= 0.6 is 23.1 Å². The summed E-state index contributed by atoms with van der Waals surface area (Å²) in [6, 6.07) is 0. The third-order valence-corrected chi connectivity index (χ3v) is 5.06. The number of nitrogens with one attached hydrogen (secondary N) is 1. The van der Waals surface area contributed by atoms with Crippen molar-refractivity contribution in [2.24, 2.45) is 0 Å². The van der Waals surface area contributed by atoms with Gasteiger partial charge in [-0.05, 0) is 19.4 Å². The van der Waals surface area contributed by atoms with E-state index < -0.39 is 0 Å². The molecule has 0 aliphatic heterocycles. The predicted octanol–water partition coefficient (Wildman–Crippen LogP) is 3.33. The van der Waals surface area contributed by atoms with Crippen LogP contribution in [0.5, 0.6) is 0 Å². The summed E-state index contributed by atoms with van der Waals surface area (Å²) in [7, 11) is 1.88. The van der Waals surface area contributed by atoms with Gasteiger partial charge in [0.1, 0.15) is 16.5 Å². The summed E-state index contributed by atoms with van der Waals surface area (Å²) in [5, 5.41) is 12.6. The van der Waals surface area contributed by atoms with Crippen LogP contribution < -0.4 is 5.32 Å². The number of hydrogen-bond donors (Lipinski definition) is 1. The second-order valence-electron chi connectivity index (χ2n) is 4.58. The molecule has 3 rings (SSSR count). The Bertz CT molecular complexity index is 795. The summed E-state index contributed by atoms with van der Waals surface area (Å²) in [5.41, 5.74) is 1.24. The highest BCUT2D eigenvalue weighted by molar-refractivity contribution is 7.98. The maximum atomic E-state index is 5.34. The first-order valence-corrected chi connectivity index (χ1v) is 8.26. The summed E-state index contributed by atoms with van der Waals surface area (Å²) < 4.78 is 5.34. The minimum absolute atomic E-state index is 0.542. The standard InChI is InChI=1S/C13H15N5OS2/c1-6-7(2)21-12-10(6)11(14-4)15-9(16-12)5-20-13-18-17-8(3)19-13/h5H2,1-4H3,(H,14,15,16). The molecule has 0 amide bonds. The molecule has 0 atom stereocenters. The zero-order valence-electron chi connectivity index (χ0n) is 12.2. The van der Waals surface area contributed by atoms with Crippen molar-refractivity contribution in [3.63, 3.8) is 0 Å². The van der Waals surface area contributed by atoms with E-state index in [1.165, 1.54) is 22.2 Å². The van der Waals surface area contributed by atoms with Crippen molar-refractivity contribution in [2.45, 2.75) is 31.7 Å². The van der Waals surface area contributed by atoms with Gasteiger partial charge >= 0.3 is 0 Å². The molecular weight excluding hydrogens is 306 g/mol. The molecule has 3 heterocycles. The minimum atomic E-state index is 0.542. The number of nitrogens with zero attached hydrogens (tertiary/aromatic N) is 4. The number of anilines is 1. The molecule has 0 fully saturated rings. The summed E-state index contributed by atoms with van der Waals surface area (Å²) in [6.45, 7) is 5.99. The van der Waals surface area contributed by atoms with Gasteiger partial charge in [0.05, 0.1) is 11.1 Å². The molecule has 8 heteroatoms. The number of fused-ring (bicyclic) bond motifs is 1. The molecule has 0 radical (unpaired) electrons. The van der Waals surface area contributed by atoms with Gasteiger partial charge in [0.2, 0.25) is 5.89 Å². The first kappa shape index (κ1) is 14.3. The maximum Gasteiger partial charge on any atom is 0.277 e. The molecule has 0 aliphatic rings. The van der Waals surface area contributed by atoms with Gasteiger partial charge in [-0.1, -0.05) is 11.8 Å². The normalized spacial score (nSPS) is 11.2. The number of hydrogen-bond acceptors (Lipinski definition) is 8. The van der Waals surface area contributed by atoms with Crippen LogP contribution in [0.15, 0.2) is 9.64 Å². The highest BCUT2D eigenvalue weighted by Crippen LogP contribution is 2.33. The summed E-state index contributed by atoms with van der Waals surface area (Å²) in [4.78, 5) is 11.5. The number of aryl methyl sites for hydroxylation is 3. The van der Waals surface area contributed by atoms with Gasteiger partial charge in [-0.2, -0.15) is 0 Å². The molecule has 6 nitrogen and oxygen atoms in total. The van der Waals surface area contributed by atoms with Crippen molar-refractivity contribution in [3.05, 3.63) is 22.2 Å². The molecule has 0 aliphatic carbocycles. The second kappa shape index (κ2) is 5.61. The topological polar surface area (TPSA) is 76.7 Å². The van der Waals surface area contributed by atoms with E-state index in [9.17, 15) is 0 Å². The quantitative estimate of drug-likeness (QED) is 0.738. The van der Waals surface area contributed by atoms with Crippen molar-refractivity contribution < 1.29 is 4.42 Å². The molecular formula is C13H15N5OS2. The van der Waals surface area contributed by atoms with Crippen molar-refractivity contribution in [2.75, 3.05) is 12.4 Å². The number of thioether (sulfide) groups is 1. The lowest BCUT2D eigenvalue weighted by Crippen LogP contribution is -2.00. The summed E-state index contributed by atoms with van der Waals surface area (Å²) >= 11 is 3.14. The third kappa shape index (κ3) is 2.73.